The molecule has 0 saturated carbocycles. The molecule has 0 bridgehead atoms. The highest BCUT2D eigenvalue weighted by molar-refractivity contribution is 7.99. The number of likely N-dealkylation sites (N-methyl/N-ethyl adjacent to an activating group) is 1. The van der Waals surface area contributed by atoms with Crippen molar-refractivity contribution < 1.29 is 29.4 Å². The topological polar surface area (TPSA) is 128 Å². The second kappa shape index (κ2) is 12.0. The standard InChI is InChI=1S/C17H25N3O6S/c1-3-20(25)17(24)16(19-14(21)11-27-2)18-12-6-8-13(9-7-12)26-10-4-5-15(22)23/h6-9,16,18,25H,3-5,10-11H2,1-2H3,(H,19,21)(H,22,23). The largest absolute Gasteiger partial charge is 0.494 e. The van der Waals surface area contributed by atoms with E-state index in [-0.39, 0.29) is 31.2 Å². The zero-order valence-corrected chi connectivity index (χ0v) is 16.1. The molecule has 0 saturated heterocycles. The summed E-state index contributed by atoms with van der Waals surface area (Å²) in [7, 11) is 0. The summed E-state index contributed by atoms with van der Waals surface area (Å²) >= 11 is 1.32. The summed E-state index contributed by atoms with van der Waals surface area (Å²) in [5.74, 6) is -1.15. The van der Waals surface area contributed by atoms with Gasteiger partial charge >= 0.3 is 5.97 Å². The van der Waals surface area contributed by atoms with Gasteiger partial charge < -0.3 is 20.5 Å². The number of nitrogens with one attached hydrogen (secondary N) is 2. The summed E-state index contributed by atoms with van der Waals surface area (Å²) in [4.78, 5) is 34.5. The molecule has 0 aliphatic rings. The summed E-state index contributed by atoms with van der Waals surface area (Å²) in [5, 5.41) is 24.2. The van der Waals surface area contributed by atoms with Gasteiger partial charge in [-0.15, -0.1) is 0 Å². The van der Waals surface area contributed by atoms with E-state index in [9.17, 15) is 19.6 Å². The predicted molar refractivity (Wildman–Crippen MR) is 102 cm³/mol. The Kier molecular flexibility index (Phi) is 10.1. The number of carboxylic acid groups (broad SMARTS) is 1. The molecule has 10 heteroatoms. The summed E-state index contributed by atoms with van der Waals surface area (Å²) in [6.07, 6.45) is 1.09. The number of aliphatic carboxylic acids is 1. The molecule has 1 unspecified atom stereocenters. The molecular formula is C17H25N3O6S. The summed E-state index contributed by atoms with van der Waals surface area (Å²) in [6.45, 7) is 1.97. The number of carboxylic acids is 1. The number of rotatable bonds is 12. The van der Waals surface area contributed by atoms with E-state index in [1.807, 2.05) is 0 Å². The summed E-state index contributed by atoms with van der Waals surface area (Å²) in [5.41, 5.74) is 0.542. The third-order valence-electron chi connectivity index (χ3n) is 3.35. The van der Waals surface area contributed by atoms with Gasteiger partial charge in [-0.2, -0.15) is 11.8 Å². The molecule has 0 aliphatic carbocycles. The Balaban J connectivity index is 2.69. The SMILES string of the molecule is CCN(O)C(=O)C(NC(=O)CSC)Nc1ccc(OCCCC(=O)O)cc1. The third kappa shape index (κ3) is 8.65. The highest BCUT2D eigenvalue weighted by Gasteiger charge is 2.24. The molecule has 0 aliphatic heterocycles. The highest BCUT2D eigenvalue weighted by atomic mass is 32.2. The number of nitrogens with zero attached hydrogens (tertiary/aromatic N) is 1. The zero-order chi connectivity index (χ0) is 20.2. The van der Waals surface area contributed by atoms with E-state index < -0.39 is 18.0 Å². The lowest BCUT2D eigenvalue weighted by molar-refractivity contribution is -0.166. The third-order valence-corrected chi connectivity index (χ3v) is 3.90. The van der Waals surface area contributed by atoms with Crippen molar-refractivity contribution in [2.45, 2.75) is 25.9 Å². The number of hydrogen-bond acceptors (Lipinski definition) is 7. The lowest BCUT2D eigenvalue weighted by atomic mass is 10.2. The maximum Gasteiger partial charge on any atom is 0.303 e. The Morgan fingerprint density at radius 1 is 1.26 bits per heavy atom. The fourth-order valence-electron chi connectivity index (χ4n) is 2.03. The molecule has 9 nitrogen and oxygen atoms in total. The number of carbonyl (C=O) groups excluding carboxylic acids is 2. The molecule has 0 heterocycles. The van der Waals surface area contributed by atoms with Crippen molar-refractivity contribution >= 4 is 35.2 Å². The predicted octanol–water partition coefficient (Wildman–Crippen LogP) is 1.39. The molecule has 0 radical (unpaired) electrons. The minimum Gasteiger partial charge on any atom is -0.494 e. The van der Waals surface area contributed by atoms with Gasteiger partial charge in [0.15, 0.2) is 6.17 Å². The number of amides is 2. The molecule has 4 N–H and O–H groups in total. The molecule has 1 aromatic carbocycles. The van der Waals surface area contributed by atoms with Crippen molar-refractivity contribution in [2.24, 2.45) is 0 Å². The molecule has 0 aromatic heterocycles. The van der Waals surface area contributed by atoms with Crippen molar-refractivity contribution in [3.8, 4) is 5.75 Å². The Morgan fingerprint density at radius 3 is 2.48 bits per heavy atom. The maximum atomic E-state index is 12.2. The van der Waals surface area contributed by atoms with Crippen LogP contribution in [0.25, 0.3) is 0 Å². The van der Waals surface area contributed by atoms with E-state index in [1.54, 1.807) is 37.4 Å². The van der Waals surface area contributed by atoms with Gasteiger partial charge in [0, 0.05) is 18.7 Å². The van der Waals surface area contributed by atoms with Crippen LogP contribution in [0.15, 0.2) is 24.3 Å². The van der Waals surface area contributed by atoms with Crippen LogP contribution in [0.2, 0.25) is 0 Å². The van der Waals surface area contributed by atoms with Crippen LogP contribution >= 0.6 is 11.8 Å². The molecular weight excluding hydrogens is 374 g/mol. The maximum absolute atomic E-state index is 12.2. The van der Waals surface area contributed by atoms with E-state index in [1.165, 1.54) is 11.8 Å². The Morgan fingerprint density at radius 2 is 1.93 bits per heavy atom. The van der Waals surface area contributed by atoms with Crippen molar-refractivity contribution in [2.75, 3.05) is 30.5 Å². The van der Waals surface area contributed by atoms with Crippen LogP contribution in [0.1, 0.15) is 19.8 Å². The molecule has 150 valence electrons. The van der Waals surface area contributed by atoms with Crippen LogP contribution in [0, 0.1) is 0 Å². The average Bonchev–Trinajstić information content (AvgIpc) is 2.64. The second-order valence-electron chi connectivity index (χ2n) is 5.50. The van der Waals surface area contributed by atoms with Crippen LogP contribution in [0.4, 0.5) is 5.69 Å². The van der Waals surface area contributed by atoms with Gasteiger partial charge in [0.2, 0.25) is 5.91 Å². The van der Waals surface area contributed by atoms with Gasteiger partial charge in [0.25, 0.3) is 5.91 Å². The minimum atomic E-state index is -1.11. The Hall–Kier alpha value is -2.46. The number of thioether (sulfide) groups is 1. The smallest absolute Gasteiger partial charge is 0.303 e. The minimum absolute atomic E-state index is 0.0360. The number of hydrogen-bond donors (Lipinski definition) is 4. The van der Waals surface area contributed by atoms with Crippen LogP contribution < -0.4 is 15.4 Å². The van der Waals surface area contributed by atoms with Crippen molar-refractivity contribution in [3.63, 3.8) is 0 Å². The van der Waals surface area contributed by atoms with E-state index in [0.717, 1.165) is 0 Å². The van der Waals surface area contributed by atoms with Crippen molar-refractivity contribution in [3.05, 3.63) is 24.3 Å². The Labute approximate surface area is 162 Å². The van der Waals surface area contributed by atoms with Gasteiger partial charge in [-0.3, -0.25) is 19.6 Å². The highest BCUT2D eigenvalue weighted by Crippen LogP contribution is 2.17. The second-order valence-corrected chi connectivity index (χ2v) is 6.37. The first kappa shape index (κ1) is 22.6. The van der Waals surface area contributed by atoms with Gasteiger partial charge in [-0.25, -0.2) is 5.06 Å². The first-order valence-electron chi connectivity index (χ1n) is 8.37. The number of anilines is 1. The van der Waals surface area contributed by atoms with E-state index in [4.69, 9.17) is 9.84 Å². The molecule has 1 aromatic rings. The first-order valence-corrected chi connectivity index (χ1v) is 9.76. The van der Waals surface area contributed by atoms with Gasteiger partial charge in [0.05, 0.1) is 12.4 Å². The summed E-state index contributed by atoms with van der Waals surface area (Å²) in [6, 6.07) is 6.62. The summed E-state index contributed by atoms with van der Waals surface area (Å²) < 4.78 is 5.44. The van der Waals surface area contributed by atoms with E-state index >= 15 is 0 Å². The normalized spacial score (nSPS) is 11.4. The fourth-order valence-corrected chi connectivity index (χ4v) is 2.37. The lowest BCUT2D eigenvalue weighted by Crippen LogP contribution is -2.52. The average molecular weight is 399 g/mol. The molecule has 2 amide bonds. The number of hydroxylamine groups is 2. The van der Waals surface area contributed by atoms with Crippen LogP contribution in [0.3, 0.4) is 0 Å². The monoisotopic (exact) mass is 399 g/mol. The molecule has 1 atom stereocenters. The van der Waals surface area contributed by atoms with Crippen LogP contribution in [-0.2, 0) is 14.4 Å². The van der Waals surface area contributed by atoms with Gasteiger partial charge in [0.1, 0.15) is 5.75 Å². The molecule has 27 heavy (non-hydrogen) atoms. The van der Waals surface area contributed by atoms with Gasteiger partial charge in [-0.1, -0.05) is 0 Å². The quantitative estimate of drug-likeness (QED) is 0.180. The molecule has 1 rings (SSSR count). The molecule has 0 spiro atoms. The van der Waals surface area contributed by atoms with Crippen molar-refractivity contribution in [1.29, 1.82) is 0 Å². The lowest BCUT2D eigenvalue weighted by Gasteiger charge is -2.24. The number of ether oxygens (including phenoxy) is 1. The first-order chi connectivity index (χ1) is 12.9. The van der Waals surface area contributed by atoms with Gasteiger partial charge in [-0.05, 0) is 43.9 Å². The number of benzene rings is 1. The van der Waals surface area contributed by atoms with Crippen molar-refractivity contribution in [1.82, 2.24) is 10.4 Å². The van der Waals surface area contributed by atoms with Crippen LogP contribution in [-0.4, -0.2) is 64.5 Å². The fraction of sp³-hybridized carbons (Fsp3) is 0.471. The van der Waals surface area contributed by atoms with E-state index in [0.29, 0.717) is 22.9 Å². The Bertz CT molecular complexity index is 626. The zero-order valence-electron chi connectivity index (χ0n) is 15.3. The van der Waals surface area contributed by atoms with E-state index in [2.05, 4.69) is 10.6 Å². The number of carbonyl (C=O) groups is 3. The molecule has 0 fully saturated rings. The van der Waals surface area contributed by atoms with Crippen LogP contribution in [0.5, 0.6) is 5.75 Å².